The van der Waals surface area contributed by atoms with Gasteiger partial charge in [-0.25, -0.2) is 4.98 Å². The van der Waals surface area contributed by atoms with Gasteiger partial charge in [0.15, 0.2) is 0 Å². The first kappa shape index (κ1) is 22.2. The van der Waals surface area contributed by atoms with Gasteiger partial charge in [0.25, 0.3) is 0 Å². The minimum absolute atomic E-state index is 0.0744. The van der Waals surface area contributed by atoms with Crippen molar-refractivity contribution in [3.8, 4) is 5.75 Å². The molecule has 1 N–H and O–H groups in total. The van der Waals surface area contributed by atoms with Gasteiger partial charge in [-0.05, 0) is 50.3 Å². The maximum atomic E-state index is 12.6. The van der Waals surface area contributed by atoms with E-state index in [1.165, 1.54) is 0 Å². The number of benzene rings is 1. The van der Waals surface area contributed by atoms with E-state index in [0.717, 1.165) is 38.2 Å². The first-order chi connectivity index (χ1) is 14.5. The van der Waals surface area contributed by atoms with Crippen LogP contribution in [0.4, 0.5) is 5.69 Å². The molecule has 0 saturated carbocycles. The van der Waals surface area contributed by atoms with Crippen LogP contribution in [0.1, 0.15) is 37.9 Å². The molecule has 1 fully saturated rings. The van der Waals surface area contributed by atoms with E-state index < -0.39 is 0 Å². The minimum Gasteiger partial charge on any atom is -0.495 e. The number of methoxy groups -OCH3 is 1. The highest BCUT2D eigenvalue weighted by molar-refractivity contribution is 6.31. The molecule has 0 bridgehead atoms. The van der Waals surface area contributed by atoms with E-state index in [1.807, 2.05) is 22.6 Å². The summed E-state index contributed by atoms with van der Waals surface area (Å²) in [6.07, 6.45) is 7.28. The Labute approximate surface area is 182 Å². The number of aromatic nitrogens is 2. The molecule has 1 atom stereocenters. The van der Waals surface area contributed by atoms with Gasteiger partial charge in [0.2, 0.25) is 11.8 Å². The van der Waals surface area contributed by atoms with Gasteiger partial charge in [-0.3, -0.25) is 9.59 Å². The van der Waals surface area contributed by atoms with Gasteiger partial charge in [-0.15, -0.1) is 0 Å². The van der Waals surface area contributed by atoms with Crippen molar-refractivity contribution >= 4 is 29.1 Å². The third-order valence-corrected chi connectivity index (χ3v) is 5.81. The number of carbonyl (C=O) groups is 2. The van der Waals surface area contributed by atoms with Gasteiger partial charge in [0, 0.05) is 49.9 Å². The van der Waals surface area contributed by atoms with Crippen LogP contribution in [-0.2, 0) is 16.1 Å². The molecule has 2 amide bonds. The summed E-state index contributed by atoms with van der Waals surface area (Å²) in [5.41, 5.74) is 0.574. The van der Waals surface area contributed by atoms with Crippen molar-refractivity contribution in [2.75, 3.05) is 25.5 Å². The highest BCUT2D eigenvalue weighted by Crippen LogP contribution is 2.28. The van der Waals surface area contributed by atoms with Gasteiger partial charge in [-0.2, -0.15) is 0 Å². The quantitative estimate of drug-likeness (QED) is 0.686. The summed E-state index contributed by atoms with van der Waals surface area (Å²) in [4.78, 5) is 31.2. The van der Waals surface area contributed by atoms with Crippen molar-refractivity contribution in [3.63, 3.8) is 0 Å². The number of amides is 2. The van der Waals surface area contributed by atoms with E-state index in [4.69, 9.17) is 16.3 Å². The van der Waals surface area contributed by atoms with Crippen LogP contribution >= 0.6 is 11.6 Å². The zero-order chi connectivity index (χ0) is 21.5. The minimum atomic E-state index is -0.0744. The van der Waals surface area contributed by atoms with Crippen LogP contribution in [0.25, 0.3) is 0 Å². The largest absolute Gasteiger partial charge is 0.495 e. The summed E-state index contributed by atoms with van der Waals surface area (Å²) >= 11 is 6.02. The molecule has 8 heteroatoms. The summed E-state index contributed by atoms with van der Waals surface area (Å²) in [6, 6.07) is 5.13. The average molecular weight is 433 g/mol. The number of aryl methyl sites for hydroxylation is 2. The van der Waals surface area contributed by atoms with Crippen molar-refractivity contribution in [1.29, 1.82) is 0 Å². The van der Waals surface area contributed by atoms with Gasteiger partial charge in [0.05, 0.1) is 12.8 Å². The number of rotatable bonds is 8. The number of hydrogen-bond donors (Lipinski definition) is 1. The van der Waals surface area contributed by atoms with Crippen molar-refractivity contribution in [3.05, 3.63) is 41.4 Å². The number of imidazole rings is 1. The first-order valence-electron chi connectivity index (χ1n) is 10.3. The number of nitrogens with zero attached hydrogens (tertiary/aromatic N) is 3. The molecule has 7 nitrogen and oxygen atoms in total. The SMILES string of the molecule is COc1ccc(Cl)cc1NC(=O)CC[C@H]1CCCN(C(=O)CCn2ccnc2C)C1. The predicted octanol–water partition coefficient (Wildman–Crippen LogP) is 3.90. The van der Waals surface area contributed by atoms with Crippen LogP contribution < -0.4 is 10.1 Å². The molecule has 1 aliphatic rings. The Kier molecular flexibility index (Phi) is 7.74. The average Bonchev–Trinajstić information content (AvgIpc) is 3.15. The Balaban J connectivity index is 1.45. The monoisotopic (exact) mass is 432 g/mol. The lowest BCUT2D eigenvalue weighted by Gasteiger charge is -2.33. The molecule has 162 valence electrons. The second-order valence-corrected chi connectivity index (χ2v) is 8.13. The Morgan fingerprint density at radius 1 is 1.33 bits per heavy atom. The second kappa shape index (κ2) is 10.5. The van der Waals surface area contributed by atoms with E-state index in [9.17, 15) is 9.59 Å². The number of nitrogens with one attached hydrogen (secondary N) is 1. The molecule has 3 rings (SSSR count). The number of likely N-dealkylation sites (tertiary alicyclic amines) is 1. The Bertz CT molecular complexity index is 883. The van der Waals surface area contributed by atoms with Crippen LogP contribution in [-0.4, -0.2) is 46.5 Å². The molecule has 0 spiro atoms. The number of halogens is 1. The topological polar surface area (TPSA) is 76.5 Å². The highest BCUT2D eigenvalue weighted by atomic mass is 35.5. The number of anilines is 1. The molecule has 1 saturated heterocycles. The van der Waals surface area contributed by atoms with Gasteiger partial charge in [-0.1, -0.05) is 11.6 Å². The number of piperidine rings is 1. The smallest absolute Gasteiger partial charge is 0.224 e. The summed E-state index contributed by atoms with van der Waals surface area (Å²) in [5, 5.41) is 3.42. The van der Waals surface area contributed by atoms with Crippen LogP contribution in [0.15, 0.2) is 30.6 Å². The third kappa shape index (κ3) is 5.98. The molecular weight excluding hydrogens is 404 g/mol. The highest BCUT2D eigenvalue weighted by Gasteiger charge is 2.24. The van der Waals surface area contributed by atoms with Crippen molar-refractivity contribution in [1.82, 2.24) is 14.5 Å². The lowest BCUT2D eigenvalue weighted by molar-refractivity contribution is -0.133. The summed E-state index contributed by atoms with van der Waals surface area (Å²) in [7, 11) is 1.56. The Morgan fingerprint density at radius 2 is 2.17 bits per heavy atom. The summed E-state index contributed by atoms with van der Waals surface area (Å²) in [6.45, 7) is 4.10. The molecule has 1 aromatic heterocycles. The number of hydrogen-bond acceptors (Lipinski definition) is 4. The molecule has 1 aliphatic heterocycles. The van der Waals surface area contributed by atoms with Gasteiger partial charge in [0.1, 0.15) is 11.6 Å². The van der Waals surface area contributed by atoms with E-state index in [-0.39, 0.29) is 11.8 Å². The van der Waals surface area contributed by atoms with Crippen molar-refractivity contribution in [2.45, 2.75) is 45.6 Å². The van der Waals surface area contributed by atoms with Crippen LogP contribution in [0.3, 0.4) is 0 Å². The molecule has 30 heavy (non-hydrogen) atoms. The lowest BCUT2D eigenvalue weighted by Crippen LogP contribution is -2.40. The predicted molar refractivity (Wildman–Crippen MR) is 117 cm³/mol. The van der Waals surface area contributed by atoms with Gasteiger partial charge < -0.3 is 19.5 Å². The van der Waals surface area contributed by atoms with E-state index in [0.29, 0.717) is 41.8 Å². The first-order valence-corrected chi connectivity index (χ1v) is 10.7. The van der Waals surface area contributed by atoms with Crippen LogP contribution in [0, 0.1) is 12.8 Å². The van der Waals surface area contributed by atoms with E-state index in [2.05, 4.69) is 10.3 Å². The molecule has 2 aromatic rings. The Morgan fingerprint density at radius 3 is 2.90 bits per heavy atom. The van der Waals surface area contributed by atoms with Crippen molar-refractivity contribution < 1.29 is 14.3 Å². The molecule has 1 aromatic carbocycles. The van der Waals surface area contributed by atoms with E-state index in [1.54, 1.807) is 31.5 Å². The normalized spacial score (nSPS) is 16.4. The molecule has 0 unspecified atom stereocenters. The molecule has 2 heterocycles. The fourth-order valence-corrected chi connectivity index (χ4v) is 4.04. The standard InChI is InChI=1S/C22H29ClN4O3/c1-16-24-10-13-26(16)12-9-22(29)27-11-3-4-17(15-27)5-8-21(28)25-19-14-18(23)6-7-20(19)30-2/h6-7,10,13-14,17H,3-5,8-9,11-12,15H2,1-2H3,(H,25,28)/t17-/m1/s1. The maximum absolute atomic E-state index is 12.6. The third-order valence-electron chi connectivity index (χ3n) is 5.58. The molecule has 0 radical (unpaired) electrons. The molecule has 0 aliphatic carbocycles. The zero-order valence-electron chi connectivity index (χ0n) is 17.6. The van der Waals surface area contributed by atoms with Crippen molar-refractivity contribution in [2.24, 2.45) is 5.92 Å². The molecular formula is C22H29ClN4O3. The lowest BCUT2D eigenvalue weighted by atomic mass is 9.93. The Hall–Kier alpha value is -2.54. The summed E-state index contributed by atoms with van der Waals surface area (Å²) < 4.78 is 7.26. The fourth-order valence-electron chi connectivity index (χ4n) is 3.87. The second-order valence-electron chi connectivity index (χ2n) is 7.70. The van der Waals surface area contributed by atoms with E-state index >= 15 is 0 Å². The van der Waals surface area contributed by atoms with Gasteiger partial charge >= 0.3 is 0 Å². The number of carbonyl (C=O) groups excluding carboxylic acids is 2. The number of ether oxygens (including phenoxy) is 1. The van der Waals surface area contributed by atoms with Crippen LogP contribution in [0.5, 0.6) is 5.75 Å². The maximum Gasteiger partial charge on any atom is 0.224 e. The van der Waals surface area contributed by atoms with Crippen LogP contribution in [0.2, 0.25) is 5.02 Å². The zero-order valence-corrected chi connectivity index (χ0v) is 18.3. The summed E-state index contributed by atoms with van der Waals surface area (Å²) in [5.74, 6) is 1.93. The fraction of sp³-hybridized carbons (Fsp3) is 0.500.